The molecular formula is C106H93N13O4Se. The van der Waals surface area contributed by atoms with Gasteiger partial charge in [0.1, 0.15) is 24.2 Å². The number of carbonyl (C=O) groups excluding carboxylic acids is 2. The van der Waals surface area contributed by atoms with Crippen LogP contribution in [0.15, 0.2) is 451 Å². The van der Waals surface area contributed by atoms with E-state index in [0.717, 1.165) is 107 Å². The summed E-state index contributed by atoms with van der Waals surface area (Å²) in [4.78, 5) is 74.2. The average Bonchev–Trinajstić information content (AvgIpc) is 1.67. The zero-order valence-corrected chi connectivity index (χ0v) is 70.1. The molecule has 1 aliphatic rings. The van der Waals surface area contributed by atoms with Crippen molar-refractivity contribution in [3.05, 3.63) is 480 Å². The van der Waals surface area contributed by atoms with Gasteiger partial charge in [0, 0.05) is 121 Å². The summed E-state index contributed by atoms with van der Waals surface area (Å²) in [7, 11) is 0. The van der Waals surface area contributed by atoms with Crippen LogP contribution >= 0.6 is 0 Å². The van der Waals surface area contributed by atoms with Crippen molar-refractivity contribution in [3.63, 3.8) is 0 Å². The van der Waals surface area contributed by atoms with Crippen molar-refractivity contribution >= 4 is 67.8 Å². The maximum atomic E-state index is 12.5. The van der Waals surface area contributed by atoms with Gasteiger partial charge in [0.15, 0.2) is 5.84 Å². The Morgan fingerprint density at radius 3 is 1.28 bits per heavy atom. The van der Waals surface area contributed by atoms with E-state index < -0.39 is 0 Å². The summed E-state index contributed by atoms with van der Waals surface area (Å²) >= 11 is 0.128. The third-order valence-electron chi connectivity index (χ3n) is 19.2. The summed E-state index contributed by atoms with van der Waals surface area (Å²) in [6.07, 6.45) is 25.2. The maximum absolute atomic E-state index is 12.5. The zero-order valence-electron chi connectivity index (χ0n) is 68.4. The number of pyridine rings is 5. The van der Waals surface area contributed by atoms with E-state index in [-0.39, 0.29) is 56.8 Å². The number of Topliss-reactive ketones (excluding diaryl/α,β-unsaturated/α-hetero) is 1. The first-order chi connectivity index (χ1) is 61.3. The van der Waals surface area contributed by atoms with Gasteiger partial charge in [-0.25, -0.2) is 4.99 Å². The molecule has 4 atom stereocenters. The van der Waals surface area contributed by atoms with Crippen LogP contribution < -0.4 is 20.1 Å². The number of aliphatic imine (C=N–C) groups is 5. The molecule has 10 aromatic carbocycles. The molecule has 17 rings (SSSR count). The second kappa shape index (κ2) is 48.7. The van der Waals surface area contributed by atoms with Crippen molar-refractivity contribution in [2.45, 2.75) is 56.5 Å². The Kier molecular flexibility index (Phi) is 34.0. The molecule has 2 N–H and O–H groups in total. The number of rotatable bonds is 30. The van der Waals surface area contributed by atoms with Gasteiger partial charge < -0.3 is 15.4 Å². The number of nitrogens with zero attached hydrogens (tertiary/aromatic N) is 11. The topological polar surface area (TPSA) is 216 Å². The molecule has 16 aromatic rings. The zero-order chi connectivity index (χ0) is 84.9. The average molecular weight is 1690 g/mol. The number of amides is 1. The fourth-order valence-corrected chi connectivity index (χ4v) is 15.0. The van der Waals surface area contributed by atoms with E-state index in [9.17, 15) is 9.59 Å². The normalized spacial score (nSPS) is 12.6. The van der Waals surface area contributed by atoms with Crippen LogP contribution in [0.2, 0.25) is 0 Å². The number of hydrogen-bond donors (Lipinski definition) is 2. The Bertz CT molecular complexity index is 5770. The van der Waals surface area contributed by atoms with Crippen LogP contribution in [0.3, 0.4) is 0 Å². The third kappa shape index (κ3) is 28.8. The number of nitrogens with one attached hydrogen (secondary N) is 2. The molecule has 18 heteroatoms. The van der Waals surface area contributed by atoms with Gasteiger partial charge >= 0.3 is 153 Å². The SMILES string of the molecule is C(=NC(CCNc1ccccc1)c1ccccc1)c1cccnc1.O=C(CC(N=Cc1cccnc1)c1ccccc1)Nc1ccccc1.O=C(Cc1ccccc1)CC(N=Cc1cccnc1)c1ccccc1.c1ccc(OCC2=NC(c3cccnc3)=NC2c2ccccc2)cc1.c1ccc(OCc2[se]c(-c3cccnc3)nc2-c2ccccc2)cc1. The predicted octanol–water partition coefficient (Wildman–Crippen LogP) is 22.0. The molecule has 612 valence electrons. The Hall–Kier alpha value is -15.2. The van der Waals surface area contributed by atoms with Crippen molar-refractivity contribution in [1.29, 1.82) is 0 Å². The van der Waals surface area contributed by atoms with Gasteiger partial charge in [-0.2, -0.15) is 0 Å². The molecule has 17 nitrogen and oxygen atoms in total. The minimum absolute atomic E-state index is 0.0663. The fourth-order valence-electron chi connectivity index (χ4n) is 13.0. The Morgan fingerprint density at radius 2 is 0.798 bits per heavy atom. The van der Waals surface area contributed by atoms with Gasteiger partial charge in [-0.05, 0) is 101 Å². The van der Waals surface area contributed by atoms with E-state index in [1.165, 1.54) is 10.0 Å². The minimum atomic E-state index is -0.245. The third-order valence-corrected chi connectivity index (χ3v) is 21.4. The number of hydrogen-bond acceptors (Lipinski definition) is 16. The Morgan fingerprint density at radius 1 is 0.395 bits per heavy atom. The summed E-state index contributed by atoms with van der Waals surface area (Å²) in [5.74, 6) is 2.53. The summed E-state index contributed by atoms with van der Waals surface area (Å²) in [6, 6.07) is 119. The van der Waals surface area contributed by atoms with Crippen molar-refractivity contribution in [1.82, 2.24) is 29.9 Å². The van der Waals surface area contributed by atoms with Gasteiger partial charge in [0.05, 0.1) is 30.3 Å². The summed E-state index contributed by atoms with van der Waals surface area (Å²) < 4.78 is 14.3. The summed E-state index contributed by atoms with van der Waals surface area (Å²) in [5.41, 5.74) is 15.3. The standard InChI is InChI=1S/C22H20N2O.C21H17N3O.C21H19N3O.C21H21N3.C21H16N2OSe/c25-21(14-18-8-3-1-4-9-18)15-22(20-11-5-2-6-12-20)24-17-19-10-7-13-23-16-19;1-3-8-16(9-4-1)20-19(15-25-18-11-5-2-6-12-18)23-21(24-20)17-10-7-13-22-14-17;25-21(24-19-11-5-2-6-12-19)14-20(18-9-3-1-4-10-18)23-16-17-8-7-13-22-15-17;1-3-9-19(10-4-1)21(24-17-18-8-7-14-22-16-18)13-15-23-20-11-5-2-6-12-20;1-3-8-16(9-4-1)20-19(15-24-18-11-5-2-6-12-18)25-21(23-20)17-10-7-13-22-14-17/h1-13,16-17,22H,14-15H2;1-14,20H,15H2;1-13,15-16,20H,14H2,(H,24,25);1-12,14,16-17,21,23H,13,15H2;1-14H,15H2. The van der Waals surface area contributed by atoms with Crippen LogP contribution in [0.1, 0.15) is 97.9 Å². The van der Waals surface area contributed by atoms with Gasteiger partial charge in [-0.1, -0.05) is 224 Å². The van der Waals surface area contributed by atoms with Crippen LogP contribution in [0.4, 0.5) is 11.4 Å². The molecule has 0 spiro atoms. The number of amidine groups is 1. The molecule has 6 aromatic heterocycles. The van der Waals surface area contributed by atoms with Crippen molar-refractivity contribution in [2.75, 3.05) is 23.8 Å². The first-order valence-corrected chi connectivity index (χ1v) is 42.6. The number of ketones is 1. The van der Waals surface area contributed by atoms with Crippen LogP contribution in [0.5, 0.6) is 11.5 Å². The van der Waals surface area contributed by atoms with E-state index in [0.29, 0.717) is 31.9 Å². The van der Waals surface area contributed by atoms with Gasteiger partial charge in [-0.15, -0.1) is 0 Å². The number of ether oxygens (including phenoxy) is 2. The molecule has 0 saturated carbocycles. The first-order valence-electron chi connectivity index (χ1n) is 40.9. The molecule has 0 radical (unpaired) electrons. The molecule has 0 aliphatic carbocycles. The predicted molar refractivity (Wildman–Crippen MR) is 502 cm³/mol. The van der Waals surface area contributed by atoms with Gasteiger partial charge in [-0.3, -0.25) is 49.5 Å². The molecule has 0 bridgehead atoms. The molecule has 1 amide bonds. The molecule has 0 fully saturated rings. The van der Waals surface area contributed by atoms with Crippen LogP contribution in [0.25, 0.3) is 21.4 Å². The quantitative estimate of drug-likeness (QED) is 0.0319. The first kappa shape index (κ1) is 86.6. The van der Waals surface area contributed by atoms with E-state index >= 15 is 0 Å². The number of para-hydroxylation sites is 4. The fraction of sp³-hybridized carbons (Fsp3) is 0.104. The summed E-state index contributed by atoms with van der Waals surface area (Å²) in [6.45, 7) is 1.83. The number of carbonyl (C=O) groups is 2. The number of anilines is 2. The van der Waals surface area contributed by atoms with Crippen LogP contribution in [-0.2, 0) is 22.6 Å². The van der Waals surface area contributed by atoms with E-state index in [2.05, 4.69) is 112 Å². The molecular weight excluding hydrogens is 1600 g/mol. The molecule has 4 unspecified atom stereocenters. The van der Waals surface area contributed by atoms with E-state index in [1.807, 2.05) is 316 Å². The van der Waals surface area contributed by atoms with Gasteiger partial charge in [0.25, 0.3) is 0 Å². The van der Waals surface area contributed by atoms with Crippen LogP contribution in [0, 0.1) is 0 Å². The van der Waals surface area contributed by atoms with Crippen LogP contribution in [-0.4, -0.2) is 99.4 Å². The van der Waals surface area contributed by atoms with Gasteiger partial charge in [0.2, 0.25) is 5.91 Å². The van der Waals surface area contributed by atoms with Crippen molar-refractivity contribution in [2.24, 2.45) is 25.0 Å². The van der Waals surface area contributed by atoms with Crippen molar-refractivity contribution < 1.29 is 19.1 Å². The monoisotopic (exact) mass is 1690 g/mol. The Balaban J connectivity index is 0.000000133. The van der Waals surface area contributed by atoms with E-state index in [4.69, 9.17) is 29.4 Å². The number of benzene rings is 10. The molecule has 0 saturated heterocycles. The number of aromatic nitrogens is 6. The molecule has 7 heterocycles. The molecule has 124 heavy (non-hydrogen) atoms. The summed E-state index contributed by atoms with van der Waals surface area (Å²) in [5, 5.41) is 6.37. The molecule has 1 aliphatic heterocycles. The second-order valence-corrected chi connectivity index (χ2v) is 30.6. The second-order valence-electron chi connectivity index (χ2n) is 28.3. The Labute approximate surface area is 730 Å². The van der Waals surface area contributed by atoms with Crippen molar-refractivity contribution in [3.8, 4) is 32.9 Å². The van der Waals surface area contributed by atoms with E-state index in [1.54, 1.807) is 62.0 Å².